The molecule has 0 radical (unpaired) electrons. The molecule has 0 aliphatic carbocycles. The van der Waals surface area contributed by atoms with E-state index in [1.165, 1.54) is 9.75 Å². The predicted octanol–water partition coefficient (Wildman–Crippen LogP) is 2.76. The number of hydrogen-bond donors (Lipinski definition) is 1. The fourth-order valence-corrected chi connectivity index (χ4v) is 2.85. The summed E-state index contributed by atoms with van der Waals surface area (Å²) in [5.74, 6) is 0. The molecule has 0 aliphatic heterocycles. The molecule has 0 spiro atoms. The largest absolute Gasteiger partial charge is 0.323 e. The van der Waals surface area contributed by atoms with Gasteiger partial charge in [0.2, 0.25) is 0 Å². The Morgan fingerprint density at radius 1 is 1.57 bits per heavy atom. The smallest absolute Gasteiger partial charge is 0.0897 e. The van der Waals surface area contributed by atoms with Crippen LogP contribution in [0, 0.1) is 6.92 Å². The van der Waals surface area contributed by atoms with Crippen molar-refractivity contribution in [2.24, 2.45) is 5.73 Å². The molecule has 0 amide bonds. The van der Waals surface area contributed by atoms with Gasteiger partial charge in [0.05, 0.1) is 5.01 Å². The van der Waals surface area contributed by atoms with E-state index in [4.69, 9.17) is 5.73 Å². The second-order valence-electron chi connectivity index (χ2n) is 3.17. The lowest BCUT2D eigenvalue weighted by Crippen LogP contribution is -2.10. The van der Waals surface area contributed by atoms with Crippen LogP contribution >= 0.6 is 22.7 Å². The topological polar surface area (TPSA) is 38.9 Å². The van der Waals surface area contributed by atoms with Gasteiger partial charge in [-0.1, -0.05) is 6.07 Å². The zero-order valence-electron chi connectivity index (χ0n) is 7.93. The Labute approximate surface area is 91.4 Å². The average molecular weight is 224 g/mol. The van der Waals surface area contributed by atoms with Crippen molar-refractivity contribution >= 4 is 22.7 Å². The normalized spacial score (nSPS) is 13.0. The summed E-state index contributed by atoms with van der Waals surface area (Å²) in [6.45, 7) is 2.01. The molecule has 0 bridgehead atoms. The number of hydrogen-bond acceptors (Lipinski definition) is 4. The molecule has 0 aliphatic rings. The summed E-state index contributed by atoms with van der Waals surface area (Å²) in [5, 5.41) is 3.17. The van der Waals surface area contributed by atoms with E-state index in [0.29, 0.717) is 0 Å². The van der Waals surface area contributed by atoms with E-state index in [0.717, 1.165) is 11.4 Å². The standard InChI is InChI=1S/C10H12N2S2/c1-7-12-6-10(14-7)9(11)5-8-3-2-4-13-8/h2-4,6,9H,5,11H2,1H3. The Bertz CT molecular complexity index is 392. The third-order valence-electron chi connectivity index (χ3n) is 2.01. The Hall–Kier alpha value is -0.710. The van der Waals surface area contributed by atoms with Crippen molar-refractivity contribution in [2.45, 2.75) is 19.4 Å². The van der Waals surface area contributed by atoms with Crippen molar-refractivity contribution in [2.75, 3.05) is 0 Å². The minimum Gasteiger partial charge on any atom is -0.323 e. The highest BCUT2D eigenvalue weighted by Crippen LogP contribution is 2.23. The van der Waals surface area contributed by atoms with E-state index in [1.54, 1.807) is 22.7 Å². The molecule has 74 valence electrons. The van der Waals surface area contributed by atoms with Gasteiger partial charge in [0.15, 0.2) is 0 Å². The zero-order valence-corrected chi connectivity index (χ0v) is 9.57. The van der Waals surface area contributed by atoms with Crippen LogP contribution in [0.4, 0.5) is 0 Å². The lowest BCUT2D eigenvalue weighted by atomic mass is 10.2. The molecule has 2 N–H and O–H groups in total. The van der Waals surface area contributed by atoms with Crippen LogP contribution < -0.4 is 5.73 Å². The van der Waals surface area contributed by atoms with Gasteiger partial charge in [0, 0.05) is 28.4 Å². The molecule has 2 aromatic heterocycles. The first-order valence-electron chi connectivity index (χ1n) is 4.46. The lowest BCUT2D eigenvalue weighted by molar-refractivity contribution is 0.743. The zero-order chi connectivity index (χ0) is 9.97. The molecule has 2 rings (SSSR count). The predicted molar refractivity (Wildman–Crippen MR) is 61.8 cm³/mol. The van der Waals surface area contributed by atoms with Gasteiger partial charge in [-0.15, -0.1) is 22.7 Å². The van der Waals surface area contributed by atoms with E-state index in [1.807, 2.05) is 13.1 Å². The number of aryl methyl sites for hydroxylation is 1. The second-order valence-corrected chi connectivity index (χ2v) is 5.47. The Balaban J connectivity index is 2.06. The number of thiophene rings is 1. The Kier molecular flexibility index (Phi) is 2.96. The summed E-state index contributed by atoms with van der Waals surface area (Å²) in [5.41, 5.74) is 6.08. The first kappa shape index (κ1) is 9.83. The summed E-state index contributed by atoms with van der Waals surface area (Å²) >= 11 is 3.44. The van der Waals surface area contributed by atoms with E-state index in [2.05, 4.69) is 22.5 Å². The maximum Gasteiger partial charge on any atom is 0.0897 e. The van der Waals surface area contributed by atoms with Crippen LogP contribution in [0.1, 0.15) is 20.8 Å². The quantitative estimate of drug-likeness (QED) is 0.870. The van der Waals surface area contributed by atoms with Gasteiger partial charge in [0.25, 0.3) is 0 Å². The first-order chi connectivity index (χ1) is 6.75. The first-order valence-corrected chi connectivity index (χ1v) is 6.15. The van der Waals surface area contributed by atoms with Gasteiger partial charge < -0.3 is 5.73 Å². The molecule has 2 nitrogen and oxygen atoms in total. The summed E-state index contributed by atoms with van der Waals surface area (Å²) in [4.78, 5) is 6.72. The van der Waals surface area contributed by atoms with Crippen molar-refractivity contribution in [1.29, 1.82) is 0 Å². The van der Waals surface area contributed by atoms with Crippen molar-refractivity contribution in [1.82, 2.24) is 4.98 Å². The van der Waals surface area contributed by atoms with Crippen LogP contribution in [0.15, 0.2) is 23.7 Å². The van der Waals surface area contributed by atoms with Gasteiger partial charge in [0.1, 0.15) is 0 Å². The number of rotatable bonds is 3. The fraction of sp³-hybridized carbons (Fsp3) is 0.300. The van der Waals surface area contributed by atoms with Crippen LogP contribution in [0.2, 0.25) is 0 Å². The van der Waals surface area contributed by atoms with Gasteiger partial charge in [-0.3, -0.25) is 0 Å². The van der Waals surface area contributed by atoms with E-state index < -0.39 is 0 Å². The van der Waals surface area contributed by atoms with Crippen LogP contribution in [0.25, 0.3) is 0 Å². The minimum absolute atomic E-state index is 0.0971. The van der Waals surface area contributed by atoms with Gasteiger partial charge >= 0.3 is 0 Å². The second kappa shape index (κ2) is 4.21. The lowest BCUT2D eigenvalue weighted by Gasteiger charge is -2.06. The van der Waals surface area contributed by atoms with Crippen molar-refractivity contribution in [3.8, 4) is 0 Å². The average Bonchev–Trinajstić information content (AvgIpc) is 2.75. The molecule has 0 fully saturated rings. The maximum atomic E-state index is 6.08. The molecule has 1 unspecified atom stereocenters. The molecule has 0 saturated heterocycles. The summed E-state index contributed by atoms with van der Waals surface area (Å²) < 4.78 is 0. The van der Waals surface area contributed by atoms with Crippen LogP contribution in [-0.4, -0.2) is 4.98 Å². The third kappa shape index (κ3) is 2.20. The molecule has 2 aromatic rings. The highest BCUT2D eigenvalue weighted by Gasteiger charge is 2.10. The molecule has 4 heteroatoms. The van der Waals surface area contributed by atoms with E-state index in [-0.39, 0.29) is 6.04 Å². The van der Waals surface area contributed by atoms with Crippen molar-refractivity contribution in [3.63, 3.8) is 0 Å². The molecule has 0 aromatic carbocycles. The van der Waals surface area contributed by atoms with Crippen LogP contribution in [0.3, 0.4) is 0 Å². The molecular formula is C10H12N2S2. The van der Waals surface area contributed by atoms with Crippen LogP contribution in [-0.2, 0) is 6.42 Å². The molecule has 2 heterocycles. The van der Waals surface area contributed by atoms with E-state index in [9.17, 15) is 0 Å². The summed E-state index contributed by atoms with van der Waals surface area (Å²) in [7, 11) is 0. The highest BCUT2D eigenvalue weighted by molar-refractivity contribution is 7.11. The maximum absolute atomic E-state index is 6.08. The van der Waals surface area contributed by atoms with Crippen molar-refractivity contribution < 1.29 is 0 Å². The summed E-state index contributed by atoms with van der Waals surface area (Å²) in [6.07, 6.45) is 2.80. The summed E-state index contributed by atoms with van der Waals surface area (Å²) in [6, 6.07) is 4.28. The monoisotopic (exact) mass is 224 g/mol. The molecule has 1 atom stereocenters. The van der Waals surface area contributed by atoms with Gasteiger partial charge in [-0.25, -0.2) is 4.98 Å². The minimum atomic E-state index is 0.0971. The number of nitrogens with two attached hydrogens (primary N) is 1. The third-order valence-corrected chi connectivity index (χ3v) is 3.95. The Morgan fingerprint density at radius 3 is 3.00 bits per heavy atom. The SMILES string of the molecule is Cc1ncc(C(N)Cc2cccs2)s1. The van der Waals surface area contributed by atoms with Crippen LogP contribution in [0.5, 0.6) is 0 Å². The van der Waals surface area contributed by atoms with Gasteiger partial charge in [-0.05, 0) is 18.4 Å². The number of aromatic nitrogens is 1. The Morgan fingerprint density at radius 2 is 2.43 bits per heavy atom. The van der Waals surface area contributed by atoms with Gasteiger partial charge in [-0.2, -0.15) is 0 Å². The van der Waals surface area contributed by atoms with E-state index >= 15 is 0 Å². The van der Waals surface area contributed by atoms with Crippen molar-refractivity contribution in [3.05, 3.63) is 38.5 Å². The molecule has 0 saturated carbocycles. The molecular weight excluding hydrogens is 212 g/mol. The number of thiazole rings is 1. The highest BCUT2D eigenvalue weighted by atomic mass is 32.1. The number of nitrogens with zero attached hydrogens (tertiary/aromatic N) is 1. The molecule has 14 heavy (non-hydrogen) atoms. The fourth-order valence-electron chi connectivity index (χ4n) is 1.30.